The monoisotopic (exact) mass is 187 g/mol. The Labute approximate surface area is 83.7 Å². The van der Waals surface area contributed by atoms with Crippen LogP contribution in [0.25, 0.3) is 0 Å². The molecule has 1 heterocycles. The molecule has 1 aliphatic rings. The van der Waals surface area contributed by atoms with Crippen LogP contribution < -0.4 is 10.6 Å². The number of hydrogen-bond acceptors (Lipinski definition) is 3. The molecule has 0 radical (unpaired) electrons. The van der Waals surface area contributed by atoms with E-state index in [1.165, 1.54) is 12.0 Å². The zero-order valence-electron chi connectivity index (χ0n) is 7.96. The van der Waals surface area contributed by atoms with Crippen molar-refractivity contribution >= 4 is 0 Å². The molecule has 0 unspecified atom stereocenters. The zero-order chi connectivity index (χ0) is 9.80. The lowest BCUT2D eigenvalue weighted by atomic mass is 10.1. The highest BCUT2D eigenvalue weighted by molar-refractivity contribution is 5.32. The number of hydrogen-bond donors (Lipinski definition) is 2. The van der Waals surface area contributed by atoms with Gasteiger partial charge < -0.3 is 0 Å². The Morgan fingerprint density at radius 1 is 1.14 bits per heavy atom. The van der Waals surface area contributed by atoms with E-state index in [0.29, 0.717) is 5.56 Å². The topological polar surface area (TPSA) is 47.9 Å². The number of nitrogens with one attached hydrogen (secondary N) is 2. The van der Waals surface area contributed by atoms with E-state index in [2.05, 4.69) is 16.7 Å². The van der Waals surface area contributed by atoms with E-state index >= 15 is 0 Å². The molecule has 2 rings (SSSR count). The third-order valence-corrected chi connectivity index (χ3v) is 2.42. The first-order valence-corrected chi connectivity index (χ1v) is 4.87. The minimum Gasteiger partial charge on any atom is -0.298 e. The second-order valence-corrected chi connectivity index (χ2v) is 3.43. The molecular formula is C11H13N3. The predicted octanol–water partition coefficient (Wildman–Crippen LogP) is 1.14. The van der Waals surface area contributed by atoms with E-state index in [-0.39, 0.29) is 6.17 Å². The lowest BCUT2D eigenvalue weighted by molar-refractivity contribution is 0.380. The third-order valence-electron chi connectivity index (χ3n) is 2.42. The lowest BCUT2D eigenvalue weighted by Gasteiger charge is -2.25. The van der Waals surface area contributed by atoms with Gasteiger partial charge in [-0.3, -0.25) is 10.6 Å². The molecule has 1 saturated heterocycles. The normalized spacial score (nSPS) is 17.6. The summed E-state index contributed by atoms with van der Waals surface area (Å²) in [5.74, 6) is 0. The highest BCUT2D eigenvalue weighted by Gasteiger charge is 2.12. The Hall–Kier alpha value is -1.37. The molecule has 3 heteroatoms. The summed E-state index contributed by atoms with van der Waals surface area (Å²) in [5, 5.41) is 15.4. The van der Waals surface area contributed by atoms with Gasteiger partial charge in [0.25, 0.3) is 0 Å². The van der Waals surface area contributed by atoms with Gasteiger partial charge in [0.15, 0.2) is 0 Å². The molecule has 0 saturated carbocycles. The Bertz CT molecular complexity index is 331. The molecule has 0 atom stereocenters. The van der Waals surface area contributed by atoms with E-state index in [1.54, 1.807) is 0 Å². The molecule has 1 aliphatic heterocycles. The number of nitriles is 1. The van der Waals surface area contributed by atoms with Gasteiger partial charge in [0.1, 0.15) is 0 Å². The van der Waals surface area contributed by atoms with Crippen LogP contribution in [0.5, 0.6) is 0 Å². The fourth-order valence-electron chi connectivity index (χ4n) is 1.64. The van der Waals surface area contributed by atoms with Gasteiger partial charge in [-0.05, 0) is 37.2 Å². The highest BCUT2D eigenvalue weighted by atomic mass is 15.1. The number of nitrogens with zero attached hydrogens (tertiary/aromatic N) is 1. The van der Waals surface area contributed by atoms with Crippen LogP contribution in [0.4, 0.5) is 0 Å². The Morgan fingerprint density at radius 3 is 2.36 bits per heavy atom. The largest absolute Gasteiger partial charge is 0.298 e. The van der Waals surface area contributed by atoms with Crippen molar-refractivity contribution in [3.63, 3.8) is 0 Å². The maximum Gasteiger partial charge on any atom is 0.0991 e. The minimum absolute atomic E-state index is 0.247. The maximum atomic E-state index is 8.66. The van der Waals surface area contributed by atoms with Crippen LogP contribution in [-0.2, 0) is 0 Å². The second kappa shape index (κ2) is 4.23. The van der Waals surface area contributed by atoms with Crippen LogP contribution in [0, 0.1) is 11.3 Å². The van der Waals surface area contributed by atoms with E-state index in [0.717, 1.165) is 13.1 Å². The molecule has 1 aromatic carbocycles. The molecule has 0 aliphatic carbocycles. The molecule has 0 spiro atoms. The molecule has 3 nitrogen and oxygen atoms in total. The van der Waals surface area contributed by atoms with Crippen LogP contribution in [0.2, 0.25) is 0 Å². The van der Waals surface area contributed by atoms with Gasteiger partial charge in [-0.1, -0.05) is 12.1 Å². The number of rotatable bonds is 1. The molecule has 1 aromatic rings. The quantitative estimate of drug-likeness (QED) is 0.693. The van der Waals surface area contributed by atoms with Gasteiger partial charge in [0.05, 0.1) is 17.8 Å². The molecule has 2 N–H and O–H groups in total. The molecule has 14 heavy (non-hydrogen) atoms. The van der Waals surface area contributed by atoms with Crippen LogP contribution in [0.3, 0.4) is 0 Å². The first kappa shape index (κ1) is 9.20. The Kier molecular flexibility index (Phi) is 2.78. The van der Waals surface area contributed by atoms with Gasteiger partial charge in [-0.25, -0.2) is 0 Å². The van der Waals surface area contributed by atoms with E-state index in [1.807, 2.05) is 24.3 Å². The van der Waals surface area contributed by atoms with E-state index in [9.17, 15) is 0 Å². The summed E-state index contributed by atoms with van der Waals surface area (Å²) >= 11 is 0. The van der Waals surface area contributed by atoms with Crippen LogP contribution in [0.1, 0.15) is 23.7 Å². The van der Waals surface area contributed by atoms with Crippen molar-refractivity contribution in [3.05, 3.63) is 35.4 Å². The first-order valence-electron chi connectivity index (χ1n) is 4.87. The minimum atomic E-state index is 0.247. The highest BCUT2D eigenvalue weighted by Crippen LogP contribution is 2.12. The van der Waals surface area contributed by atoms with Gasteiger partial charge in [-0.15, -0.1) is 0 Å². The van der Waals surface area contributed by atoms with Crippen molar-refractivity contribution in [3.8, 4) is 6.07 Å². The Morgan fingerprint density at radius 2 is 1.79 bits per heavy atom. The van der Waals surface area contributed by atoms with Crippen molar-refractivity contribution in [2.24, 2.45) is 0 Å². The van der Waals surface area contributed by atoms with Crippen molar-refractivity contribution in [1.82, 2.24) is 10.6 Å². The summed E-state index contributed by atoms with van der Waals surface area (Å²) in [6.07, 6.45) is 1.42. The summed E-state index contributed by atoms with van der Waals surface area (Å²) < 4.78 is 0. The van der Waals surface area contributed by atoms with Crippen molar-refractivity contribution in [2.45, 2.75) is 12.6 Å². The summed E-state index contributed by atoms with van der Waals surface area (Å²) in [5.41, 5.74) is 1.91. The SMILES string of the molecule is N#Cc1ccc(C2NCCCN2)cc1. The fourth-order valence-corrected chi connectivity index (χ4v) is 1.64. The average molecular weight is 187 g/mol. The van der Waals surface area contributed by atoms with Crippen molar-refractivity contribution < 1.29 is 0 Å². The Balaban J connectivity index is 2.12. The van der Waals surface area contributed by atoms with Gasteiger partial charge >= 0.3 is 0 Å². The molecule has 0 aromatic heterocycles. The summed E-state index contributed by atoms with van der Waals surface area (Å²) in [4.78, 5) is 0. The third kappa shape index (κ3) is 1.92. The molecule has 0 amide bonds. The van der Waals surface area contributed by atoms with Crippen LogP contribution in [0.15, 0.2) is 24.3 Å². The second-order valence-electron chi connectivity index (χ2n) is 3.43. The average Bonchev–Trinajstić information content (AvgIpc) is 2.30. The standard InChI is InChI=1S/C11H13N3/c12-8-9-2-4-10(5-3-9)11-13-6-1-7-14-11/h2-5,11,13-14H,1,6-7H2. The maximum absolute atomic E-state index is 8.66. The van der Waals surface area contributed by atoms with Gasteiger partial charge in [0.2, 0.25) is 0 Å². The molecule has 72 valence electrons. The molecule has 0 bridgehead atoms. The molecule has 1 fully saturated rings. The smallest absolute Gasteiger partial charge is 0.0991 e. The van der Waals surface area contributed by atoms with Crippen molar-refractivity contribution in [2.75, 3.05) is 13.1 Å². The van der Waals surface area contributed by atoms with Crippen molar-refractivity contribution in [1.29, 1.82) is 5.26 Å². The summed E-state index contributed by atoms with van der Waals surface area (Å²) in [6.45, 7) is 2.11. The predicted molar refractivity (Wildman–Crippen MR) is 54.5 cm³/mol. The molecular weight excluding hydrogens is 174 g/mol. The first-order chi connectivity index (χ1) is 6.90. The van der Waals surface area contributed by atoms with E-state index in [4.69, 9.17) is 5.26 Å². The van der Waals surface area contributed by atoms with Gasteiger partial charge in [0, 0.05) is 0 Å². The van der Waals surface area contributed by atoms with Crippen LogP contribution in [-0.4, -0.2) is 13.1 Å². The fraction of sp³-hybridized carbons (Fsp3) is 0.364. The van der Waals surface area contributed by atoms with E-state index < -0.39 is 0 Å². The van der Waals surface area contributed by atoms with Crippen LogP contribution >= 0.6 is 0 Å². The lowest BCUT2D eigenvalue weighted by Crippen LogP contribution is -2.41. The summed E-state index contributed by atoms with van der Waals surface area (Å²) in [6, 6.07) is 9.81. The number of benzene rings is 1. The van der Waals surface area contributed by atoms with Gasteiger partial charge in [-0.2, -0.15) is 5.26 Å². The zero-order valence-corrected chi connectivity index (χ0v) is 7.96. The summed E-state index contributed by atoms with van der Waals surface area (Å²) in [7, 11) is 0.